The van der Waals surface area contributed by atoms with Crippen LogP contribution < -0.4 is 25.8 Å². The first-order valence-electron chi connectivity index (χ1n) is 7.19. The monoisotopic (exact) mass is 343 g/mol. The number of nitrogens with one attached hydrogen (secondary N) is 2. The highest BCUT2D eigenvalue weighted by molar-refractivity contribution is 6.43. The van der Waals surface area contributed by atoms with Gasteiger partial charge in [0.05, 0.1) is 19.9 Å². The van der Waals surface area contributed by atoms with E-state index < -0.39 is 17.7 Å². The van der Waals surface area contributed by atoms with Crippen LogP contribution in [0.2, 0.25) is 0 Å². The van der Waals surface area contributed by atoms with Crippen molar-refractivity contribution in [2.45, 2.75) is 0 Å². The molecule has 0 spiro atoms. The zero-order chi connectivity index (χ0) is 18.4. The number of amides is 3. The van der Waals surface area contributed by atoms with Crippen LogP contribution in [-0.2, 0) is 9.59 Å². The van der Waals surface area contributed by atoms with E-state index >= 15 is 0 Å². The molecule has 0 heterocycles. The minimum Gasteiger partial charge on any atom is -0.497 e. The van der Waals surface area contributed by atoms with E-state index in [9.17, 15) is 14.4 Å². The maximum Gasteiger partial charge on any atom is 0.314 e. The lowest BCUT2D eigenvalue weighted by Gasteiger charge is -2.11. The predicted molar refractivity (Wildman–Crippen MR) is 91.8 cm³/mol. The molecular formula is C17H17N3O5. The summed E-state index contributed by atoms with van der Waals surface area (Å²) in [6, 6.07) is 10.6. The normalized spacial score (nSPS) is 9.84. The second kappa shape index (κ2) is 7.82. The molecule has 0 aliphatic heterocycles. The third-order valence-corrected chi connectivity index (χ3v) is 3.29. The van der Waals surface area contributed by atoms with Gasteiger partial charge in [0.15, 0.2) is 0 Å². The largest absolute Gasteiger partial charge is 0.497 e. The van der Waals surface area contributed by atoms with Gasteiger partial charge in [-0.1, -0.05) is 0 Å². The molecule has 0 aliphatic carbocycles. The van der Waals surface area contributed by atoms with E-state index in [0.717, 1.165) is 0 Å². The maximum absolute atomic E-state index is 12.1. The number of rotatable bonds is 5. The van der Waals surface area contributed by atoms with Crippen molar-refractivity contribution in [1.82, 2.24) is 0 Å². The molecule has 8 nitrogen and oxygen atoms in total. The first-order chi connectivity index (χ1) is 11.9. The van der Waals surface area contributed by atoms with E-state index in [-0.39, 0.29) is 0 Å². The summed E-state index contributed by atoms with van der Waals surface area (Å²) < 4.78 is 10.2. The Kier molecular flexibility index (Phi) is 5.57. The Labute approximate surface area is 143 Å². The summed E-state index contributed by atoms with van der Waals surface area (Å²) in [5.41, 5.74) is 6.08. The number of carbonyl (C=O) groups is 3. The molecule has 130 valence electrons. The van der Waals surface area contributed by atoms with Crippen LogP contribution in [0.5, 0.6) is 11.5 Å². The van der Waals surface area contributed by atoms with Crippen LogP contribution in [-0.4, -0.2) is 31.9 Å². The summed E-state index contributed by atoms with van der Waals surface area (Å²) in [5, 5.41) is 4.87. The molecule has 0 saturated heterocycles. The summed E-state index contributed by atoms with van der Waals surface area (Å²) in [6.45, 7) is 0. The van der Waals surface area contributed by atoms with E-state index in [2.05, 4.69) is 10.6 Å². The zero-order valence-corrected chi connectivity index (χ0v) is 13.7. The molecule has 0 aromatic heterocycles. The van der Waals surface area contributed by atoms with Crippen molar-refractivity contribution >= 4 is 29.1 Å². The average Bonchev–Trinajstić information content (AvgIpc) is 2.61. The minimum absolute atomic E-state index is 0.295. The van der Waals surface area contributed by atoms with Crippen LogP contribution in [0.1, 0.15) is 10.4 Å². The van der Waals surface area contributed by atoms with Gasteiger partial charge in [-0.3, -0.25) is 14.4 Å². The van der Waals surface area contributed by atoms with Crippen LogP contribution in [0.4, 0.5) is 11.4 Å². The number of carbonyl (C=O) groups excluding carboxylic acids is 3. The Hall–Kier alpha value is -3.55. The number of ether oxygens (including phenoxy) is 2. The fourth-order valence-corrected chi connectivity index (χ4v) is 2.00. The SMILES string of the molecule is COc1ccc(OC)c(NC(=O)C(=O)Nc2ccc(C(N)=O)cc2)c1. The number of hydrogen-bond donors (Lipinski definition) is 3. The second-order valence-electron chi connectivity index (χ2n) is 4.92. The molecule has 0 fully saturated rings. The van der Waals surface area contributed by atoms with Gasteiger partial charge in [0.2, 0.25) is 5.91 Å². The van der Waals surface area contributed by atoms with Crippen molar-refractivity contribution < 1.29 is 23.9 Å². The van der Waals surface area contributed by atoms with Gasteiger partial charge in [0.1, 0.15) is 11.5 Å². The van der Waals surface area contributed by atoms with Gasteiger partial charge in [-0.05, 0) is 36.4 Å². The lowest BCUT2D eigenvalue weighted by atomic mass is 10.2. The van der Waals surface area contributed by atoms with Gasteiger partial charge in [0.25, 0.3) is 0 Å². The number of benzene rings is 2. The topological polar surface area (TPSA) is 120 Å². The molecule has 2 rings (SSSR count). The van der Waals surface area contributed by atoms with Crippen molar-refractivity contribution in [3.63, 3.8) is 0 Å². The first kappa shape index (κ1) is 17.8. The van der Waals surface area contributed by atoms with Crippen molar-refractivity contribution in [1.29, 1.82) is 0 Å². The Morgan fingerprint density at radius 3 is 2.08 bits per heavy atom. The Morgan fingerprint density at radius 1 is 0.880 bits per heavy atom. The quantitative estimate of drug-likeness (QED) is 0.709. The highest BCUT2D eigenvalue weighted by Crippen LogP contribution is 2.28. The maximum atomic E-state index is 12.1. The molecule has 2 aromatic rings. The van der Waals surface area contributed by atoms with E-state index in [1.54, 1.807) is 12.1 Å². The number of nitrogens with two attached hydrogens (primary N) is 1. The van der Waals surface area contributed by atoms with Gasteiger partial charge in [-0.15, -0.1) is 0 Å². The van der Waals surface area contributed by atoms with Crippen molar-refractivity contribution in [2.24, 2.45) is 5.73 Å². The molecule has 8 heteroatoms. The number of hydrogen-bond acceptors (Lipinski definition) is 5. The van der Waals surface area contributed by atoms with Crippen LogP contribution in [0.15, 0.2) is 42.5 Å². The molecule has 0 saturated carbocycles. The van der Waals surface area contributed by atoms with Crippen molar-refractivity contribution in [3.05, 3.63) is 48.0 Å². The van der Waals surface area contributed by atoms with Gasteiger partial charge >= 0.3 is 11.8 Å². The summed E-state index contributed by atoms with van der Waals surface area (Å²) in [4.78, 5) is 35.1. The highest BCUT2D eigenvalue weighted by atomic mass is 16.5. The van der Waals surface area contributed by atoms with Crippen LogP contribution in [0, 0.1) is 0 Å². The van der Waals surface area contributed by atoms with Gasteiger partial charge in [-0.25, -0.2) is 0 Å². The molecule has 4 N–H and O–H groups in total. The molecule has 3 amide bonds. The summed E-state index contributed by atoms with van der Waals surface area (Å²) >= 11 is 0. The van der Waals surface area contributed by atoms with Crippen LogP contribution >= 0.6 is 0 Å². The lowest BCUT2D eigenvalue weighted by Crippen LogP contribution is -2.29. The van der Waals surface area contributed by atoms with Gasteiger partial charge in [-0.2, -0.15) is 0 Å². The molecule has 25 heavy (non-hydrogen) atoms. The van der Waals surface area contributed by atoms with Crippen molar-refractivity contribution in [2.75, 3.05) is 24.9 Å². The fourth-order valence-electron chi connectivity index (χ4n) is 2.00. The summed E-state index contributed by atoms with van der Waals surface area (Å²) in [5.74, 6) is -1.46. The first-order valence-corrected chi connectivity index (χ1v) is 7.19. The van der Waals surface area contributed by atoms with Crippen LogP contribution in [0.3, 0.4) is 0 Å². The number of methoxy groups -OCH3 is 2. The van der Waals surface area contributed by atoms with Gasteiger partial charge in [0, 0.05) is 17.3 Å². The molecule has 0 bridgehead atoms. The van der Waals surface area contributed by atoms with E-state index in [1.807, 2.05) is 0 Å². The van der Waals surface area contributed by atoms with Crippen LogP contribution in [0.25, 0.3) is 0 Å². The molecule has 2 aromatic carbocycles. The second-order valence-corrected chi connectivity index (χ2v) is 4.92. The molecule has 0 atom stereocenters. The standard InChI is InChI=1S/C17H17N3O5/c1-24-12-7-8-14(25-2)13(9-12)20-17(23)16(22)19-11-5-3-10(4-6-11)15(18)21/h3-9H,1-2H3,(H2,18,21)(H,19,22)(H,20,23). The van der Waals surface area contributed by atoms with E-state index in [0.29, 0.717) is 28.4 Å². The number of anilines is 2. The Balaban J connectivity index is 2.07. The molecule has 0 aliphatic rings. The third kappa shape index (κ3) is 4.47. The summed E-state index contributed by atoms with van der Waals surface area (Å²) in [6.07, 6.45) is 0. The average molecular weight is 343 g/mol. The fraction of sp³-hybridized carbons (Fsp3) is 0.118. The lowest BCUT2D eigenvalue weighted by molar-refractivity contribution is -0.133. The number of primary amides is 1. The van der Waals surface area contributed by atoms with E-state index in [1.165, 1.54) is 44.6 Å². The molecule has 0 radical (unpaired) electrons. The van der Waals surface area contributed by atoms with Crippen molar-refractivity contribution in [3.8, 4) is 11.5 Å². The molecular weight excluding hydrogens is 326 g/mol. The molecule has 0 unspecified atom stereocenters. The third-order valence-electron chi connectivity index (χ3n) is 3.29. The highest BCUT2D eigenvalue weighted by Gasteiger charge is 2.17. The van der Waals surface area contributed by atoms with E-state index in [4.69, 9.17) is 15.2 Å². The Morgan fingerprint density at radius 2 is 1.52 bits per heavy atom. The smallest absolute Gasteiger partial charge is 0.314 e. The zero-order valence-electron chi connectivity index (χ0n) is 13.7. The predicted octanol–water partition coefficient (Wildman–Crippen LogP) is 1.38. The Bertz CT molecular complexity index is 802. The summed E-state index contributed by atoms with van der Waals surface area (Å²) in [7, 11) is 2.92. The minimum atomic E-state index is -0.884. The van der Waals surface area contributed by atoms with Gasteiger partial charge < -0.3 is 25.8 Å².